The van der Waals surface area contributed by atoms with Crippen molar-refractivity contribution in [3.8, 4) is 23.0 Å². The number of ether oxygens (including phenoxy) is 4. The van der Waals surface area contributed by atoms with Gasteiger partial charge in [0.2, 0.25) is 5.91 Å². The van der Waals surface area contributed by atoms with Gasteiger partial charge in [-0.1, -0.05) is 0 Å². The first kappa shape index (κ1) is 25.8. The molecule has 35 heavy (non-hydrogen) atoms. The van der Waals surface area contributed by atoms with E-state index in [0.29, 0.717) is 39.9 Å². The minimum absolute atomic E-state index is 0.163. The highest BCUT2D eigenvalue weighted by atomic mass is 32.2. The first-order valence-corrected chi connectivity index (χ1v) is 11.6. The topological polar surface area (TPSA) is 95.1 Å². The largest absolute Gasteiger partial charge is 0.497 e. The summed E-state index contributed by atoms with van der Waals surface area (Å²) >= 11 is 1.40. The quantitative estimate of drug-likeness (QED) is 0.378. The fourth-order valence-electron chi connectivity index (χ4n) is 3.19. The second-order valence-electron chi connectivity index (χ2n) is 7.36. The van der Waals surface area contributed by atoms with Gasteiger partial charge in [-0.15, -0.1) is 11.8 Å². The van der Waals surface area contributed by atoms with E-state index < -0.39 is 0 Å². The molecule has 0 heterocycles. The molecule has 0 radical (unpaired) electrons. The molecule has 2 amide bonds. The number of rotatable bonds is 10. The van der Waals surface area contributed by atoms with E-state index in [2.05, 4.69) is 10.6 Å². The van der Waals surface area contributed by atoms with Crippen molar-refractivity contribution < 1.29 is 28.5 Å². The maximum Gasteiger partial charge on any atom is 0.255 e. The van der Waals surface area contributed by atoms with Gasteiger partial charge < -0.3 is 29.6 Å². The summed E-state index contributed by atoms with van der Waals surface area (Å²) in [5.41, 5.74) is 1.65. The monoisotopic (exact) mass is 496 g/mol. The SMILES string of the molecule is COc1ccc(NC(=O)C(C)Sc2ccc(NC(=O)c3ccc(OC)c(OC)c3)cc2)c(OC)c1. The van der Waals surface area contributed by atoms with E-state index in [1.165, 1.54) is 33.1 Å². The fourth-order valence-corrected chi connectivity index (χ4v) is 4.06. The molecule has 0 aliphatic carbocycles. The second kappa shape index (κ2) is 12.0. The van der Waals surface area contributed by atoms with Crippen molar-refractivity contribution in [3.05, 3.63) is 66.2 Å². The Hall–Kier alpha value is -3.85. The normalized spacial score (nSPS) is 11.2. The molecule has 0 spiro atoms. The average Bonchev–Trinajstić information content (AvgIpc) is 2.89. The van der Waals surface area contributed by atoms with Crippen LogP contribution in [0.2, 0.25) is 0 Å². The molecule has 0 bridgehead atoms. The number of amides is 2. The summed E-state index contributed by atoms with van der Waals surface area (Å²) in [7, 11) is 6.16. The smallest absolute Gasteiger partial charge is 0.255 e. The predicted octanol–water partition coefficient (Wildman–Crippen LogP) is 5.09. The lowest BCUT2D eigenvalue weighted by atomic mass is 10.2. The van der Waals surface area contributed by atoms with E-state index in [0.717, 1.165) is 4.90 Å². The van der Waals surface area contributed by atoms with Crippen molar-refractivity contribution in [1.29, 1.82) is 0 Å². The van der Waals surface area contributed by atoms with Gasteiger partial charge in [-0.25, -0.2) is 0 Å². The van der Waals surface area contributed by atoms with Gasteiger partial charge in [-0.3, -0.25) is 9.59 Å². The summed E-state index contributed by atoms with van der Waals surface area (Å²) in [4.78, 5) is 26.2. The Kier molecular flexibility index (Phi) is 8.86. The molecule has 3 rings (SSSR count). The van der Waals surface area contributed by atoms with Gasteiger partial charge in [0.15, 0.2) is 11.5 Å². The molecular weight excluding hydrogens is 468 g/mol. The maximum absolute atomic E-state index is 12.7. The highest BCUT2D eigenvalue weighted by Crippen LogP contribution is 2.31. The Morgan fingerprint density at radius 1 is 0.743 bits per heavy atom. The molecule has 3 aromatic carbocycles. The standard InChI is InChI=1S/C26H28N2O6S/c1-16(25(29)28-21-12-9-19(31-2)15-23(21)33-4)35-20-10-7-18(8-11-20)27-26(30)17-6-13-22(32-3)24(14-17)34-5/h6-16H,1-5H3,(H,27,30)(H,28,29). The van der Waals surface area contributed by atoms with E-state index in [9.17, 15) is 9.59 Å². The number of thioether (sulfide) groups is 1. The van der Waals surface area contributed by atoms with E-state index in [1.54, 1.807) is 55.6 Å². The minimum atomic E-state index is -0.367. The van der Waals surface area contributed by atoms with Crippen LogP contribution < -0.4 is 29.6 Å². The van der Waals surface area contributed by atoms with Crippen LogP contribution in [-0.4, -0.2) is 45.5 Å². The predicted molar refractivity (Wildman–Crippen MR) is 137 cm³/mol. The van der Waals surface area contributed by atoms with E-state index in [-0.39, 0.29) is 17.1 Å². The van der Waals surface area contributed by atoms with Crippen molar-refractivity contribution >= 4 is 35.0 Å². The number of hydrogen-bond donors (Lipinski definition) is 2. The van der Waals surface area contributed by atoms with Gasteiger partial charge in [0.05, 0.1) is 39.4 Å². The molecule has 2 N–H and O–H groups in total. The molecule has 1 unspecified atom stereocenters. The zero-order chi connectivity index (χ0) is 25.4. The number of nitrogens with one attached hydrogen (secondary N) is 2. The molecule has 184 valence electrons. The van der Waals surface area contributed by atoms with Crippen molar-refractivity contribution in [2.24, 2.45) is 0 Å². The Morgan fingerprint density at radius 3 is 2.06 bits per heavy atom. The number of hydrogen-bond acceptors (Lipinski definition) is 7. The number of carbonyl (C=O) groups excluding carboxylic acids is 2. The zero-order valence-corrected chi connectivity index (χ0v) is 21.0. The summed E-state index contributed by atoms with van der Waals surface area (Å²) in [6.45, 7) is 1.82. The highest BCUT2D eigenvalue weighted by Gasteiger charge is 2.17. The number of anilines is 2. The van der Waals surface area contributed by atoms with Gasteiger partial charge in [-0.2, -0.15) is 0 Å². The highest BCUT2D eigenvalue weighted by molar-refractivity contribution is 8.00. The Labute approximate surface area is 208 Å². The summed E-state index contributed by atoms with van der Waals surface area (Å²) < 4.78 is 21.0. The molecule has 0 aliphatic rings. The van der Waals surface area contributed by atoms with Gasteiger partial charge in [0.25, 0.3) is 5.91 Å². The van der Waals surface area contributed by atoms with E-state index in [1.807, 2.05) is 19.1 Å². The lowest BCUT2D eigenvalue weighted by Crippen LogP contribution is -2.22. The molecule has 0 aromatic heterocycles. The van der Waals surface area contributed by atoms with Crippen LogP contribution in [0.5, 0.6) is 23.0 Å². The molecule has 0 fully saturated rings. The summed E-state index contributed by atoms with van der Waals surface area (Å²) in [5.74, 6) is 1.75. The third-order valence-electron chi connectivity index (χ3n) is 5.11. The second-order valence-corrected chi connectivity index (χ2v) is 8.78. The molecule has 0 aliphatic heterocycles. The van der Waals surface area contributed by atoms with E-state index >= 15 is 0 Å². The number of benzene rings is 3. The summed E-state index contributed by atoms with van der Waals surface area (Å²) in [5, 5.41) is 5.38. The van der Waals surface area contributed by atoms with Crippen LogP contribution in [0.3, 0.4) is 0 Å². The molecular formula is C26H28N2O6S. The van der Waals surface area contributed by atoms with Crippen LogP contribution >= 0.6 is 11.8 Å². The molecule has 8 nitrogen and oxygen atoms in total. The average molecular weight is 497 g/mol. The van der Waals surface area contributed by atoms with Crippen molar-refractivity contribution in [3.63, 3.8) is 0 Å². The van der Waals surface area contributed by atoms with Gasteiger partial charge in [0.1, 0.15) is 11.5 Å². The summed E-state index contributed by atoms with van der Waals surface area (Å²) in [6, 6.07) is 17.5. The van der Waals surface area contributed by atoms with Crippen LogP contribution in [0.25, 0.3) is 0 Å². The first-order chi connectivity index (χ1) is 16.9. The Balaban J connectivity index is 1.60. The molecule has 3 aromatic rings. The van der Waals surface area contributed by atoms with Crippen LogP contribution in [0.4, 0.5) is 11.4 Å². The summed E-state index contributed by atoms with van der Waals surface area (Å²) in [6.07, 6.45) is 0. The van der Waals surface area contributed by atoms with Gasteiger partial charge in [-0.05, 0) is 61.5 Å². The number of methoxy groups -OCH3 is 4. The third kappa shape index (κ3) is 6.60. The van der Waals surface area contributed by atoms with Crippen molar-refractivity contribution in [1.82, 2.24) is 0 Å². The molecule has 0 saturated carbocycles. The van der Waals surface area contributed by atoms with E-state index in [4.69, 9.17) is 18.9 Å². The Bertz CT molecular complexity index is 1180. The van der Waals surface area contributed by atoms with Crippen LogP contribution in [0, 0.1) is 0 Å². The van der Waals surface area contributed by atoms with Crippen molar-refractivity contribution in [2.45, 2.75) is 17.1 Å². The minimum Gasteiger partial charge on any atom is -0.497 e. The lowest BCUT2D eigenvalue weighted by molar-refractivity contribution is -0.115. The van der Waals surface area contributed by atoms with Gasteiger partial charge >= 0.3 is 0 Å². The van der Waals surface area contributed by atoms with Crippen LogP contribution in [0.1, 0.15) is 17.3 Å². The number of carbonyl (C=O) groups is 2. The molecule has 0 saturated heterocycles. The molecule has 9 heteroatoms. The third-order valence-corrected chi connectivity index (χ3v) is 6.22. The maximum atomic E-state index is 12.7. The van der Waals surface area contributed by atoms with Gasteiger partial charge in [0, 0.05) is 22.2 Å². The Morgan fingerprint density at radius 2 is 1.43 bits per heavy atom. The van der Waals surface area contributed by atoms with Crippen LogP contribution in [-0.2, 0) is 4.79 Å². The zero-order valence-electron chi connectivity index (χ0n) is 20.2. The molecule has 1 atom stereocenters. The fraction of sp³-hybridized carbons (Fsp3) is 0.231. The first-order valence-electron chi connectivity index (χ1n) is 10.7. The van der Waals surface area contributed by atoms with Crippen molar-refractivity contribution in [2.75, 3.05) is 39.1 Å². The van der Waals surface area contributed by atoms with Crippen LogP contribution in [0.15, 0.2) is 65.6 Å². The lowest BCUT2D eigenvalue weighted by Gasteiger charge is -2.15.